The highest BCUT2D eigenvalue weighted by atomic mass is 19.3. The predicted octanol–water partition coefficient (Wildman–Crippen LogP) is 22.2. The normalized spacial score (nSPS) is 13.9. The minimum atomic E-state index is -1.62. The molecule has 7 rings (SSSR count). The molecule has 0 aromatic heterocycles. The first-order valence-electron chi connectivity index (χ1n) is 31.1. The van der Waals surface area contributed by atoms with Gasteiger partial charge in [-0.2, -0.15) is 0 Å². The molecule has 444 valence electrons. The summed E-state index contributed by atoms with van der Waals surface area (Å²) < 4.78 is 65.2. The smallest absolute Gasteiger partial charge is 0.225 e. The van der Waals surface area contributed by atoms with Crippen molar-refractivity contribution in [2.75, 3.05) is 0 Å². The van der Waals surface area contributed by atoms with Crippen LogP contribution in [0.3, 0.4) is 0 Å². The first kappa shape index (κ1) is 63.6. The van der Waals surface area contributed by atoms with E-state index in [9.17, 15) is 0 Å². The van der Waals surface area contributed by atoms with Gasteiger partial charge in [-0.25, -0.2) is 0 Å². The highest BCUT2D eigenvalue weighted by molar-refractivity contribution is 5.70. The summed E-state index contributed by atoms with van der Waals surface area (Å²) >= 11 is 0. The van der Waals surface area contributed by atoms with Crippen LogP contribution in [0.15, 0.2) is 182 Å². The number of rotatable bonds is 33. The van der Waals surface area contributed by atoms with E-state index in [0.29, 0.717) is 96.3 Å². The molecule has 0 spiro atoms. The summed E-state index contributed by atoms with van der Waals surface area (Å²) in [7, 11) is 0. The van der Waals surface area contributed by atoms with Gasteiger partial charge in [-0.05, 0) is 154 Å². The molecule has 0 fully saturated rings. The maximum atomic E-state index is 18.2. The number of hydrogen-bond acceptors (Lipinski definition) is 7. The van der Waals surface area contributed by atoms with Crippen LogP contribution in [0.5, 0.6) is 51.7 Å². The van der Waals surface area contributed by atoms with E-state index >= 15 is 4.53 Å². The fourth-order valence-corrected chi connectivity index (χ4v) is 14.2. The van der Waals surface area contributed by atoms with E-state index in [-0.39, 0.29) is 28.7 Å². The molecule has 0 N–H and O–H groups in total. The summed E-state index contributed by atoms with van der Waals surface area (Å²) in [4.78, 5) is 5.90. The molecule has 0 saturated heterocycles. The van der Waals surface area contributed by atoms with Gasteiger partial charge >= 0.3 is 0 Å². The molecule has 0 aliphatic rings. The van der Waals surface area contributed by atoms with Gasteiger partial charge in [0.2, 0.25) is 11.5 Å². The van der Waals surface area contributed by atoms with Gasteiger partial charge in [-0.3, -0.25) is 4.94 Å². The lowest BCUT2D eigenvalue weighted by Crippen LogP contribution is -2.64. The topological polar surface area (TPSA) is 64.6 Å². The second-order valence-corrected chi connectivity index (χ2v) is 23.8. The molecule has 8 heteroatoms. The molecule has 7 aromatic rings. The Hall–Kier alpha value is -6.93. The van der Waals surface area contributed by atoms with Gasteiger partial charge in [0.05, 0.1) is 5.56 Å². The largest absolute Gasteiger partial charge is 0.483 e. The van der Waals surface area contributed by atoms with Crippen molar-refractivity contribution in [3.05, 3.63) is 199 Å². The molecule has 83 heavy (non-hydrogen) atoms. The number of benzene rings is 7. The Labute approximate surface area is 498 Å². The minimum absolute atomic E-state index is 0.0934. The monoisotopic (exact) mass is 1130 g/mol. The summed E-state index contributed by atoms with van der Waals surface area (Å²) in [5.74, 6) is 3.79. The van der Waals surface area contributed by atoms with Crippen molar-refractivity contribution >= 4 is 0 Å². The molecule has 0 aliphatic carbocycles. The fraction of sp³-hybridized carbons (Fsp3) is 0.440. The molecule has 0 saturated carbocycles. The maximum absolute atomic E-state index is 18.2. The van der Waals surface area contributed by atoms with Crippen LogP contribution in [-0.4, -0.2) is 11.7 Å². The molecule has 7 nitrogen and oxygen atoms in total. The second kappa shape index (κ2) is 29.1. The molecular formula is C75H95FO7. The zero-order chi connectivity index (χ0) is 59.6. The van der Waals surface area contributed by atoms with E-state index in [1.165, 1.54) is 0 Å². The van der Waals surface area contributed by atoms with Gasteiger partial charge < -0.3 is 28.4 Å². The fourth-order valence-electron chi connectivity index (χ4n) is 14.2. The quantitative estimate of drug-likeness (QED) is 0.0406. The van der Waals surface area contributed by atoms with Gasteiger partial charge in [-0.15, -0.1) is 0 Å². The van der Waals surface area contributed by atoms with Gasteiger partial charge in [0.15, 0.2) is 17.5 Å². The van der Waals surface area contributed by atoms with E-state index in [2.05, 4.69) is 83.1 Å². The van der Waals surface area contributed by atoms with Crippen molar-refractivity contribution in [1.29, 1.82) is 0 Å². The van der Waals surface area contributed by atoms with Crippen LogP contribution in [0, 0.1) is 16.2 Å². The SMILES string of the molecule is CCCC(CCC)(CCC)C(CC)(CC)C(CC)(Oc1ccccc1)c1c(OF)c(Oc2ccccc2)c(Oc2ccccc2)c(CCC(C)(C)C)c1C(CC)(Oc1ccccc1)C(Oc1ccccc1)C(CC)(CC)Oc1ccccc1. The van der Waals surface area contributed by atoms with E-state index in [0.717, 1.165) is 44.1 Å². The lowest BCUT2D eigenvalue weighted by Gasteiger charge is -2.62. The summed E-state index contributed by atoms with van der Waals surface area (Å²) in [6, 6.07) is 59.4. The van der Waals surface area contributed by atoms with Crippen LogP contribution in [0.1, 0.15) is 183 Å². The Morgan fingerprint density at radius 2 is 0.783 bits per heavy atom. The van der Waals surface area contributed by atoms with E-state index < -0.39 is 28.3 Å². The highest BCUT2D eigenvalue weighted by Gasteiger charge is 2.67. The van der Waals surface area contributed by atoms with Crippen LogP contribution < -0.4 is 33.4 Å². The number of para-hydroxylation sites is 6. The Morgan fingerprint density at radius 1 is 0.386 bits per heavy atom. The van der Waals surface area contributed by atoms with Gasteiger partial charge in [0, 0.05) is 21.1 Å². The highest BCUT2D eigenvalue weighted by Crippen LogP contribution is 2.69. The maximum Gasteiger partial charge on any atom is 0.225 e. The van der Waals surface area contributed by atoms with Gasteiger partial charge in [-0.1, -0.05) is 212 Å². The molecule has 0 bridgehead atoms. The third kappa shape index (κ3) is 13.5. The number of halogens is 1. The van der Waals surface area contributed by atoms with Crippen LogP contribution in [0.2, 0.25) is 0 Å². The van der Waals surface area contributed by atoms with Gasteiger partial charge in [0.1, 0.15) is 45.7 Å². The van der Waals surface area contributed by atoms with Crippen molar-refractivity contribution in [2.45, 2.75) is 196 Å². The first-order chi connectivity index (χ1) is 40.2. The van der Waals surface area contributed by atoms with Gasteiger partial charge in [0.25, 0.3) is 0 Å². The Balaban J connectivity index is 1.92. The summed E-state index contributed by atoms with van der Waals surface area (Å²) in [6.45, 7) is 27.0. The van der Waals surface area contributed by atoms with Crippen LogP contribution >= 0.6 is 0 Å². The van der Waals surface area contributed by atoms with Crippen molar-refractivity contribution in [1.82, 2.24) is 0 Å². The molecule has 0 amide bonds. The van der Waals surface area contributed by atoms with Crippen molar-refractivity contribution in [3.63, 3.8) is 0 Å². The van der Waals surface area contributed by atoms with Crippen molar-refractivity contribution in [3.8, 4) is 51.7 Å². The third-order valence-corrected chi connectivity index (χ3v) is 17.9. The zero-order valence-corrected chi connectivity index (χ0v) is 52.0. The van der Waals surface area contributed by atoms with Crippen molar-refractivity contribution < 1.29 is 37.9 Å². The molecule has 3 atom stereocenters. The third-order valence-electron chi connectivity index (χ3n) is 17.9. The molecule has 0 aliphatic heterocycles. The van der Waals surface area contributed by atoms with Crippen LogP contribution in [-0.2, 0) is 17.6 Å². The zero-order valence-electron chi connectivity index (χ0n) is 52.0. The summed E-state index contributed by atoms with van der Waals surface area (Å²) in [5, 5.41) is 0. The Morgan fingerprint density at radius 3 is 1.16 bits per heavy atom. The number of hydrogen-bond donors (Lipinski definition) is 0. The predicted molar refractivity (Wildman–Crippen MR) is 338 cm³/mol. The number of ether oxygens (including phenoxy) is 6. The summed E-state index contributed by atoms with van der Waals surface area (Å²) in [5.41, 5.74) is -3.60. The van der Waals surface area contributed by atoms with Crippen LogP contribution in [0.25, 0.3) is 0 Å². The molecule has 0 heterocycles. The Kier molecular flexibility index (Phi) is 22.3. The minimum Gasteiger partial charge on any atom is -0.483 e. The molecule has 0 radical (unpaired) electrons. The lowest BCUT2D eigenvalue weighted by molar-refractivity contribution is -0.175. The van der Waals surface area contributed by atoms with Crippen molar-refractivity contribution in [2.24, 2.45) is 16.2 Å². The van der Waals surface area contributed by atoms with E-state index in [4.69, 9.17) is 33.4 Å². The average Bonchev–Trinajstić information content (AvgIpc) is 1.13. The van der Waals surface area contributed by atoms with E-state index in [1.54, 1.807) is 0 Å². The molecule has 7 aromatic carbocycles. The lowest BCUT2D eigenvalue weighted by atomic mass is 9.46. The Bertz CT molecular complexity index is 2980. The second-order valence-electron chi connectivity index (χ2n) is 23.8. The molecule has 3 unspecified atom stereocenters. The first-order valence-corrected chi connectivity index (χ1v) is 31.1. The van der Waals surface area contributed by atoms with Crippen LogP contribution in [0.4, 0.5) is 4.53 Å². The summed E-state index contributed by atoms with van der Waals surface area (Å²) in [6.07, 6.45) is 8.63. The molecular weight excluding hydrogens is 1030 g/mol. The van der Waals surface area contributed by atoms with E-state index in [1.807, 2.05) is 182 Å². The standard InChI is InChI=1S/C75H95FO7/c1-13-53-71(54-14-2,55-15-3)73(18-6,19-7)75(21-9,82-62-50-38-27-39-51-62)65-64(63(52-56-70(10,11)12)66(77-57-40-28-22-29-41-57)68(67(65)83-76)78-58-42-30-23-31-43-58)74(20-8,81-61-48-36-26-37-49-61)69(79-59-44-32-24-33-45-59)72(16-4,17-5)80-60-46-34-25-35-47-60/h22-51,69H,13-21,52-56H2,1-12H3. The average molecular weight is 1130 g/mol.